The predicted octanol–water partition coefficient (Wildman–Crippen LogP) is 3.25. The molecule has 25 heavy (non-hydrogen) atoms. The SMILES string of the molecule is Cc1cccc(CCNC(=O)Cc2nc(-c3ccccc3C)no2)c1. The van der Waals surface area contributed by atoms with E-state index in [-0.39, 0.29) is 12.3 Å². The second-order valence-electron chi connectivity index (χ2n) is 6.09. The van der Waals surface area contributed by atoms with Crippen molar-refractivity contribution in [2.24, 2.45) is 0 Å². The Morgan fingerprint density at radius 2 is 1.96 bits per heavy atom. The van der Waals surface area contributed by atoms with E-state index in [1.165, 1.54) is 11.1 Å². The molecule has 128 valence electrons. The summed E-state index contributed by atoms with van der Waals surface area (Å²) in [4.78, 5) is 16.4. The van der Waals surface area contributed by atoms with Gasteiger partial charge in [-0.3, -0.25) is 4.79 Å². The Hall–Kier alpha value is -2.95. The number of hydrogen-bond donors (Lipinski definition) is 1. The third-order valence-electron chi connectivity index (χ3n) is 3.98. The Bertz CT molecular complexity index is 871. The molecule has 0 radical (unpaired) electrons. The van der Waals surface area contributed by atoms with E-state index in [4.69, 9.17) is 4.52 Å². The first kappa shape index (κ1) is 16.9. The Kier molecular flexibility index (Phi) is 5.23. The Morgan fingerprint density at radius 1 is 1.12 bits per heavy atom. The van der Waals surface area contributed by atoms with E-state index in [2.05, 4.69) is 40.6 Å². The fourth-order valence-corrected chi connectivity index (χ4v) is 2.67. The second kappa shape index (κ2) is 7.75. The van der Waals surface area contributed by atoms with Gasteiger partial charge in [0.25, 0.3) is 0 Å². The number of amides is 1. The van der Waals surface area contributed by atoms with Gasteiger partial charge >= 0.3 is 0 Å². The Morgan fingerprint density at radius 3 is 2.76 bits per heavy atom. The van der Waals surface area contributed by atoms with Crippen LogP contribution in [-0.2, 0) is 17.6 Å². The molecule has 1 heterocycles. The lowest BCUT2D eigenvalue weighted by Gasteiger charge is -2.04. The smallest absolute Gasteiger partial charge is 0.236 e. The van der Waals surface area contributed by atoms with Gasteiger partial charge < -0.3 is 9.84 Å². The van der Waals surface area contributed by atoms with E-state index in [1.54, 1.807) is 0 Å². The molecule has 1 aromatic heterocycles. The topological polar surface area (TPSA) is 68.0 Å². The third-order valence-corrected chi connectivity index (χ3v) is 3.98. The van der Waals surface area contributed by atoms with Crippen molar-refractivity contribution in [1.29, 1.82) is 0 Å². The minimum absolute atomic E-state index is 0.0900. The molecule has 0 unspecified atom stereocenters. The molecule has 0 bridgehead atoms. The standard InChI is InChI=1S/C20H21N3O2/c1-14-6-5-8-16(12-14)10-11-21-18(24)13-19-22-20(23-25-19)17-9-4-3-7-15(17)2/h3-9,12H,10-11,13H2,1-2H3,(H,21,24). The first-order chi connectivity index (χ1) is 12.1. The van der Waals surface area contributed by atoms with Gasteiger partial charge in [-0.1, -0.05) is 59.3 Å². The van der Waals surface area contributed by atoms with Crippen LogP contribution >= 0.6 is 0 Å². The quantitative estimate of drug-likeness (QED) is 0.751. The zero-order chi connectivity index (χ0) is 17.6. The van der Waals surface area contributed by atoms with E-state index in [0.717, 1.165) is 17.5 Å². The maximum absolute atomic E-state index is 12.0. The van der Waals surface area contributed by atoms with Crippen LogP contribution in [0.15, 0.2) is 53.1 Å². The highest BCUT2D eigenvalue weighted by Crippen LogP contribution is 2.19. The molecule has 3 rings (SSSR count). The molecule has 5 nitrogen and oxygen atoms in total. The third kappa shape index (κ3) is 4.53. The number of nitrogens with zero attached hydrogens (tertiary/aromatic N) is 2. The summed E-state index contributed by atoms with van der Waals surface area (Å²) >= 11 is 0. The van der Waals surface area contributed by atoms with E-state index in [1.807, 2.05) is 37.3 Å². The van der Waals surface area contributed by atoms with Crippen LogP contribution in [0.1, 0.15) is 22.6 Å². The number of benzene rings is 2. The number of aromatic nitrogens is 2. The normalized spacial score (nSPS) is 10.6. The Labute approximate surface area is 147 Å². The maximum atomic E-state index is 12.0. The summed E-state index contributed by atoms with van der Waals surface area (Å²) in [6.45, 7) is 4.63. The highest BCUT2D eigenvalue weighted by molar-refractivity contribution is 5.77. The summed E-state index contributed by atoms with van der Waals surface area (Å²) in [5.41, 5.74) is 4.41. The number of carbonyl (C=O) groups excluding carboxylic acids is 1. The van der Waals surface area contributed by atoms with Crippen LogP contribution in [0.4, 0.5) is 0 Å². The number of rotatable bonds is 6. The van der Waals surface area contributed by atoms with Gasteiger partial charge in [-0.05, 0) is 31.4 Å². The molecule has 2 aromatic carbocycles. The lowest BCUT2D eigenvalue weighted by atomic mass is 10.1. The average molecular weight is 335 g/mol. The van der Waals surface area contributed by atoms with Crippen molar-refractivity contribution in [3.8, 4) is 11.4 Å². The fraction of sp³-hybridized carbons (Fsp3) is 0.250. The first-order valence-corrected chi connectivity index (χ1v) is 8.32. The number of nitrogens with one attached hydrogen (secondary N) is 1. The van der Waals surface area contributed by atoms with Crippen molar-refractivity contribution < 1.29 is 9.32 Å². The van der Waals surface area contributed by atoms with Crippen molar-refractivity contribution in [2.75, 3.05) is 6.54 Å². The van der Waals surface area contributed by atoms with Crippen LogP contribution in [0, 0.1) is 13.8 Å². The van der Waals surface area contributed by atoms with Gasteiger partial charge in [-0.25, -0.2) is 0 Å². The minimum atomic E-state index is -0.118. The first-order valence-electron chi connectivity index (χ1n) is 8.32. The van der Waals surface area contributed by atoms with Crippen molar-refractivity contribution in [3.05, 3.63) is 71.1 Å². The molecule has 3 aromatic rings. The van der Waals surface area contributed by atoms with Crippen molar-refractivity contribution in [3.63, 3.8) is 0 Å². The van der Waals surface area contributed by atoms with Crippen LogP contribution in [0.3, 0.4) is 0 Å². The summed E-state index contributed by atoms with van der Waals surface area (Å²) in [6.07, 6.45) is 0.887. The molecule has 0 aliphatic rings. The van der Waals surface area contributed by atoms with Crippen LogP contribution < -0.4 is 5.32 Å². The number of carbonyl (C=O) groups is 1. The highest BCUT2D eigenvalue weighted by Gasteiger charge is 2.13. The highest BCUT2D eigenvalue weighted by atomic mass is 16.5. The van der Waals surface area contributed by atoms with Gasteiger partial charge in [0.05, 0.1) is 0 Å². The van der Waals surface area contributed by atoms with E-state index in [9.17, 15) is 4.79 Å². The molecular weight excluding hydrogens is 314 g/mol. The predicted molar refractivity (Wildman–Crippen MR) is 96.1 cm³/mol. The molecule has 0 spiro atoms. The number of aryl methyl sites for hydroxylation is 2. The largest absolute Gasteiger partial charge is 0.355 e. The van der Waals surface area contributed by atoms with Crippen molar-refractivity contribution >= 4 is 5.91 Å². The molecule has 0 saturated heterocycles. The Balaban J connectivity index is 1.53. The molecule has 1 amide bonds. The lowest BCUT2D eigenvalue weighted by Crippen LogP contribution is -2.27. The van der Waals surface area contributed by atoms with Gasteiger partial charge in [-0.2, -0.15) is 4.98 Å². The molecule has 0 aliphatic carbocycles. The van der Waals surface area contributed by atoms with E-state index >= 15 is 0 Å². The molecule has 0 saturated carbocycles. The van der Waals surface area contributed by atoms with Gasteiger partial charge in [0.1, 0.15) is 6.42 Å². The van der Waals surface area contributed by atoms with Crippen LogP contribution in [0.2, 0.25) is 0 Å². The van der Waals surface area contributed by atoms with Gasteiger partial charge in [-0.15, -0.1) is 0 Å². The van der Waals surface area contributed by atoms with Crippen LogP contribution in [0.5, 0.6) is 0 Å². The number of hydrogen-bond acceptors (Lipinski definition) is 4. The summed E-state index contributed by atoms with van der Waals surface area (Å²) < 4.78 is 5.20. The second-order valence-corrected chi connectivity index (χ2v) is 6.09. The zero-order valence-electron chi connectivity index (χ0n) is 14.5. The summed E-state index contributed by atoms with van der Waals surface area (Å²) in [5.74, 6) is 0.722. The van der Waals surface area contributed by atoms with Gasteiger partial charge in [0.2, 0.25) is 17.6 Å². The molecule has 1 N–H and O–H groups in total. The van der Waals surface area contributed by atoms with E-state index < -0.39 is 0 Å². The van der Waals surface area contributed by atoms with Crippen LogP contribution in [-0.4, -0.2) is 22.6 Å². The summed E-state index contributed by atoms with van der Waals surface area (Å²) in [6, 6.07) is 16.1. The lowest BCUT2D eigenvalue weighted by molar-refractivity contribution is -0.120. The molecule has 0 atom stereocenters. The maximum Gasteiger partial charge on any atom is 0.236 e. The zero-order valence-corrected chi connectivity index (χ0v) is 14.5. The summed E-state index contributed by atoms with van der Waals surface area (Å²) in [5, 5.41) is 6.86. The molecule has 0 fully saturated rings. The molecule has 5 heteroatoms. The molecular formula is C20H21N3O2. The van der Waals surface area contributed by atoms with Crippen LogP contribution in [0.25, 0.3) is 11.4 Å². The van der Waals surface area contributed by atoms with Crippen molar-refractivity contribution in [1.82, 2.24) is 15.5 Å². The van der Waals surface area contributed by atoms with Gasteiger partial charge in [0.15, 0.2) is 0 Å². The minimum Gasteiger partial charge on any atom is -0.355 e. The van der Waals surface area contributed by atoms with Crippen molar-refractivity contribution in [2.45, 2.75) is 26.7 Å². The average Bonchev–Trinajstić information content (AvgIpc) is 3.03. The molecule has 0 aliphatic heterocycles. The van der Waals surface area contributed by atoms with Gasteiger partial charge in [0, 0.05) is 12.1 Å². The summed E-state index contributed by atoms with van der Waals surface area (Å²) in [7, 11) is 0. The van der Waals surface area contributed by atoms with E-state index in [0.29, 0.717) is 18.3 Å². The fourth-order valence-electron chi connectivity index (χ4n) is 2.67. The monoisotopic (exact) mass is 335 g/mol.